The van der Waals surface area contributed by atoms with Crippen LogP contribution in [0.5, 0.6) is 0 Å². The third kappa shape index (κ3) is 4.83. The van der Waals surface area contributed by atoms with Crippen LogP contribution < -0.4 is 5.32 Å². The predicted octanol–water partition coefficient (Wildman–Crippen LogP) is 0.957. The lowest BCUT2D eigenvalue weighted by Gasteiger charge is -2.41. The van der Waals surface area contributed by atoms with Crippen LogP contribution in [-0.2, 0) is 0 Å². The van der Waals surface area contributed by atoms with E-state index >= 15 is 0 Å². The summed E-state index contributed by atoms with van der Waals surface area (Å²) in [6, 6.07) is 0.974. The molecule has 0 spiro atoms. The highest BCUT2D eigenvalue weighted by atomic mass is 16.3. The quantitative estimate of drug-likeness (QED) is 0.784. The van der Waals surface area contributed by atoms with Crippen LogP contribution in [0, 0.1) is 5.92 Å². The summed E-state index contributed by atoms with van der Waals surface area (Å²) in [6.45, 7) is 5.04. The molecule has 3 fully saturated rings. The van der Waals surface area contributed by atoms with Crippen molar-refractivity contribution in [2.75, 3.05) is 46.8 Å². The average molecular weight is 338 g/mol. The minimum Gasteiger partial charge on any atom is -0.391 e. The van der Waals surface area contributed by atoms with Crippen LogP contribution in [0.15, 0.2) is 0 Å². The van der Waals surface area contributed by atoms with Crippen LogP contribution in [0.25, 0.3) is 0 Å². The van der Waals surface area contributed by atoms with E-state index in [1.165, 1.54) is 25.9 Å². The number of likely N-dealkylation sites (N-methyl/N-ethyl adjacent to an activating group) is 1. The van der Waals surface area contributed by atoms with Gasteiger partial charge in [0.2, 0.25) is 0 Å². The Kier molecular flexibility index (Phi) is 6.00. The van der Waals surface area contributed by atoms with E-state index in [1.54, 1.807) is 11.9 Å². The molecule has 138 valence electrons. The molecular weight excluding hydrogens is 304 g/mol. The zero-order valence-electron chi connectivity index (χ0n) is 15.3. The molecule has 2 heterocycles. The van der Waals surface area contributed by atoms with Crippen molar-refractivity contribution in [3.05, 3.63) is 0 Å². The van der Waals surface area contributed by atoms with E-state index in [4.69, 9.17) is 0 Å². The zero-order chi connectivity index (χ0) is 17.1. The number of carbonyl (C=O) groups excluding carboxylic acids is 1. The number of hydrogen-bond acceptors (Lipinski definition) is 4. The number of hydrogen-bond donors (Lipinski definition) is 2. The number of amides is 2. The molecule has 2 N–H and O–H groups in total. The third-order valence-electron chi connectivity index (χ3n) is 6.04. The Bertz CT molecular complexity index is 413. The molecule has 0 radical (unpaired) electrons. The molecule has 6 heteroatoms. The lowest BCUT2D eigenvalue weighted by atomic mass is 9.98. The molecule has 2 aliphatic heterocycles. The van der Waals surface area contributed by atoms with Gasteiger partial charge in [0, 0.05) is 38.8 Å². The molecule has 2 saturated heterocycles. The van der Waals surface area contributed by atoms with Crippen LogP contribution >= 0.6 is 0 Å². The largest absolute Gasteiger partial charge is 0.391 e. The van der Waals surface area contributed by atoms with Crippen molar-refractivity contribution in [1.82, 2.24) is 20.0 Å². The second kappa shape index (κ2) is 8.02. The predicted molar refractivity (Wildman–Crippen MR) is 95.0 cm³/mol. The van der Waals surface area contributed by atoms with Crippen molar-refractivity contribution in [2.45, 2.75) is 56.7 Å². The monoisotopic (exact) mass is 338 g/mol. The van der Waals surface area contributed by atoms with Gasteiger partial charge in [0.25, 0.3) is 0 Å². The molecule has 3 aliphatic rings. The number of carbonyl (C=O) groups is 1. The number of nitrogens with zero attached hydrogens (tertiary/aromatic N) is 3. The minimum absolute atomic E-state index is 0.0348. The van der Waals surface area contributed by atoms with E-state index in [0.29, 0.717) is 12.5 Å². The molecule has 0 aromatic carbocycles. The van der Waals surface area contributed by atoms with Gasteiger partial charge in [0.1, 0.15) is 0 Å². The van der Waals surface area contributed by atoms with Crippen molar-refractivity contribution >= 4 is 6.03 Å². The molecule has 1 unspecified atom stereocenters. The zero-order valence-corrected chi connectivity index (χ0v) is 15.3. The Morgan fingerprint density at radius 2 is 1.75 bits per heavy atom. The first kappa shape index (κ1) is 18.0. The highest BCUT2D eigenvalue weighted by molar-refractivity contribution is 5.74. The topological polar surface area (TPSA) is 59.0 Å². The normalized spacial score (nSPS) is 26.3. The summed E-state index contributed by atoms with van der Waals surface area (Å²) in [4.78, 5) is 19.0. The molecule has 1 aliphatic carbocycles. The maximum atomic E-state index is 12.3. The highest BCUT2D eigenvalue weighted by Crippen LogP contribution is 2.32. The van der Waals surface area contributed by atoms with Crippen LogP contribution in [0.3, 0.4) is 0 Å². The van der Waals surface area contributed by atoms with Gasteiger partial charge in [-0.15, -0.1) is 0 Å². The van der Waals surface area contributed by atoms with Crippen molar-refractivity contribution in [2.24, 2.45) is 5.92 Å². The molecule has 6 nitrogen and oxygen atoms in total. The molecule has 1 atom stereocenters. The fourth-order valence-corrected chi connectivity index (χ4v) is 4.05. The van der Waals surface area contributed by atoms with Gasteiger partial charge < -0.3 is 25.1 Å². The number of nitrogens with one attached hydrogen (secondary N) is 1. The Morgan fingerprint density at radius 1 is 1.12 bits per heavy atom. The van der Waals surface area contributed by atoms with Gasteiger partial charge in [-0.3, -0.25) is 0 Å². The molecule has 1 saturated carbocycles. The maximum absolute atomic E-state index is 12.3. The Labute approximate surface area is 146 Å². The molecule has 0 bridgehead atoms. The fourth-order valence-electron chi connectivity index (χ4n) is 4.05. The average Bonchev–Trinajstić information content (AvgIpc) is 3.41. The number of urea groups is 1. The Morgan fingerprint density at radius 3 is 2.33 bits per heavy atom. The smallest absolute Gasteiger partial charge is 0.317 e. The van der Waals surface area contributed by atoms with E-state index < -0.39 is 0 Å². The van der Waals surface area contributed by atoms with Crippen molar-refractivity contribution in [3.8, 4) is 0 Å². The molecule has 3 rings (SSSR count). The van der Waals surface area contributed by atoms with Gasteiger partial charge in [-0.1, -0.05) is 0 Å². The number of likely N-dealkylation sites (tertiary alicyclic amines) is 2. The first-order valence-corrected chi connectivity index (χ1v) is 9.65. The maximum Gasteiger partial charge on any atom is 0.317 e. The number of piperidine rings is 2. The summed E-state index contributed by atoms with van der Waals surface area (Å²) < 4.78 is 0. The van der Waals surface area contributed by atoms with Gasteiger partial charge in [0.15, 0.2) is 0 Å². The van der Waals surface area contributed by atoms with E-state index in [-0.39, 0.29) is 18.2 Å². The molecule has 24 heavy (non-hydrogen) atoms. The van der Waals surface area contributed by atoms with E-state index in [9.17, 15) is 9.90 Å². The lowest BCUT2D eigenvalue weighted by Crippen LogP contribution is -2.52. The molecule has 0 aromatic rings. The number of aliphatic hydroxyl groups excluding tert-OH is 1. The number of rotatable bonds is 5. The van der Waals surface area contributed by atoms with Crippen molar-refractivity contribution < 1.29 is 9.90 Å². The van der Waals surface area contributed by atoms with Crippen molar-refractivity contribution in [3.63, 3.8) is 0 Å². The Hall–Kier alpha value is -0.850. The van der Waals surface area contributed by atoms with Gasteiger partial charge in [0.05, 0.1) is 6.10 Å². The summed E-state index contributed by atoms with van der Waals surface area (Å²) in [5.41, 5.74) is 0. The number of aliphatic hydroxyl groups is 1. The van der Waals surface area contributed by atoms with Crippen LogP contribution in [0.1, 0.15) is 38.5 Å². The van der Waals surface area contributed by atoms with E-state index in [2.05, 4.69) is 22.2 Å². The lowest BCUT2D eigenvalue weighted by molar-refractivity contribution is 0.0893. The van der Waals surface area contributed by atoms with Gasteiger partial charge in [-0.25, -0.2) is 4.79 Å². The third-order valence-corrected chi connectivity index (χ3v) is 6.04. The summed E-state index contributed by atoms with van der Waals surface area (Å²) in [7, 11) is 3.99. The van der Waals surface area contributed by atoms with Crippen LogP contribution in [0.4, 0.5) is 4.79 Å². The van der Waals surface area contributed by atoms with Gasteiger partial charge in [-0.05, 0) is 64.6 Å². The standard InChI is InChI=1S/C18H34N4O2/c1-20-9-7-16(8-10-20)22-11-5-15(6-12-22)19-18(24)21(2)13-17(23)14-3-4-14/h14-17,23H,3-13H2,1-2H3,(H,19,24). The molecule has 0 aromatic heterocycles. The molecular formula is C18H34N4O2. The summed E-state index contributed by atoms with van der Waals surface area (Å²) in [6.07, 6.45) is 6.48. The first-order chi connectivity index (χ1) is 11.5. The fraction of sp³-hybridized carbons (Fsp3) is 0.944. The second-order valence-corrected chi connectivity index (χ2v) is 8.08. The van der Waals surface area contributed by atoms with E-state index in [1.807, 2.05) is 0 Å². The van der Waals surface area contributed by atoms with Crippen LogP contribution in [0.2, 0.25) is 0 Å². The van der Waals surface area contributed by atoms with Crippen LogP contribution in [-0.4, -0.2) is 90.8 Å². The summed E-state index contributed by atoms with van der Waals surface area (Å²) >= 11 is 0. The second-order valence-electron chi connectivity index (χ2n) is 8.08. The van der Waals surface area contributed by atoms with Gasteiger partial charge >= 0.3 is 6.03 Å². The van der Waals surface area contributed by atoms with E-state index in [0.717, 1.165) is 44.8 Å². The summed E-state index contributed by atoms with van der Waals surface area (Å²) in [5, 5.41) is 13.1. The molecule has 2 amide bonds. The van der Waals surface area contributed by atoms with Gasteiger partial charge in [-0.2, -0.15) is 0 Å². The highest BCUT2D eigenvalue weighted by Gasteiger charge is 2.32. The first-order valence-electron chi connectivity index (χ1n) is 9.65. The summed E-state index contributed by atoms with van der Waals surface area (Å²) in [5.74, 6) is 0.415. The Balaban J connectivity index is 1.36. The minimum atomic E-state index is -0.355. The SMILES string of the molecule is CN1CCC(N2CCC(NC(=O)N(C)CC(O)C3CC3)CC2)CC1. The van der Waals surface area contributed by atoms with Crippen molar-refractivity contribution in [1.29, 1.82) is 0 Å².